The Hall–Kier alpha value is -4.61. The zero-order valence-corrected chi connectivity index (χ0v) is 42.7. The average molecular weight is 907 g/mol. The first-order valence-electron chi connectivity index (χ1n) is 24.0. The number of methoxy groups -OCH3 is 1. The molecule has 0 spiro atoms. The molecule has 66 heavy (non-hydrogen) atoms. The molecule has 0 aromatic carbocycles. The van der Waals surface area contributed by atoms with Crippen LogP contribution in [0.1, 0.15) is 148 Å². The molecule has 1 aliphatic carbocycles. The molecule has 5 heterocycles. The molecular weight excluding hydrogens is 837 g/mol. The van der Waals surface area contributed by atoms with Crippen molar-refractivity contribution in [1.29, 1.82) is 0 Å². The number of aliphatic imine (C=N–C) groups is 3. The van der Waals surface area contributed by atoms with Crippen molar-refractivity contribution in [3.05, 3.63) is 104 Å². The molecule has 6 rings (SSSR count). The molecule has 0 amide bonds. The van der Waals surface area contributed by atoms with E-state index in [9.17, 15) is 19.5 Å². The fraction of sp³-hybridized carbons (Fsp3) is 0.527. The maximum atomic E-state index is 14.4. The summed E-state index contributed by atoms with van der Waals surface area (Å²) in [7, 11) is 1.27. The van der Waals surface area contributed by atoms with E-state index < -0.39 is 17.7 Å². The molecule has 4 aliphatic heterocycles. The molecular formula is C55H70MgN4O6. The number of ketones is 1. The van der Waals surface area contributed by atoms with E-state index in [0.717, 1.165) is 47.7 Å². The number of fused-ring (bicyclic) bond motifs is 5. The smallest absolute Gasteiger partial charge is 0.877 e. The number of aromatic nitrogens is 1. The fourth-order valence-electron chi connectivity index (χ4n) is 10.0. The van der Waals surface area contributed by atoms with Crippen molar-refractivity contribution in [2.45, 2.75) is 139 Å². The van der Waals surface area contributed by atoms with Crippen LogP contribution >= 0.6 is 0 Å². The van der Waals surface area contributed by atoms with Gasteiger partial charge in [0.1, 0.15) is 12.5 Å². The first-order valence-corrected chi connectivity index (χ1v) is 24.0. The summed E-state index contributed by atoms with van der Waals surface area (Å²) in [5.41, 5.74) is 9.02. The number of Topliss-reactive ketones (excluding diaryl/α,β-unsaturated/α-hetero) is 1. The molecule has 5 aliphatic rings. The second kappa shape index (κ2) is 23.4. The molecule has 0 N–H and O–H groups in total. The molecule has 1 aromatic heterocycles. The van der Waals surface area contributed by atoms with Gasteiger partial charge in [0.15, 0.2) is 5.78 Å². The van der Waals surface area contributed by atoms with Gasteiger partial charge in [0.05, 0.1) is 29.9 Å². The molecule has 5 atom stereocenters. The minimum absolute atomic E-state index is 0. The Balaban J connectivity index is 0.00000817. The Labute approximate surface area is 408 Å². The number of hydrogen-bond donors (Lipinski definition) is 0. The van der Waals surface area contributed by atoms with Crippen LogP contribution in [0.3, 0.4) is 0 Å². The Kier molecular flexibility index (Phi) is 18.6. The van der Waals surface area contributed by atoms with Crippen molar-refractivity contribution in [2.75, 3.05) is 13.7 Å². The van der Waals surface area contributed by atoms with Crippen molar-refractivity contribution in [3.8, 4) is 0 Å². The van der Waals surface area contributed by atoms with E-state index in [1.807, 2.05) is 45.9 Å². The number of allylic oxidation sites excluding steroid dienone is 9. The minimum Gasteiger partial charge on any atom is -0.877 e. The number of nitrogens with zero attached hydrogens (tertiary/aromatic N) is 4. The van der Waals surface area contributed by atoms with Gasteiger partial charge in [-0.15, -0.1) is 17.0 Å². The van der Waals surface area contributed by atoms with Gasteiger partial charge in [-0.2, -0.15) is 0 Å². The van der Waals surface area contributed by atoms with Gasteiger partial charge in [0.2, 0.25) is 0 Å². The van der Waals surface area contributed by atoms with Crippen LogP contribution in [-0.2, 0) is 19.1 Å². The molecule has 10 nitrogen and oxygen atoms in total. The maximum absolute atomic E-state index is 14.4. The maximum Gasteiger partial charge on any atom is 2.00 e. The molecule has 0 saturated carbocycles. The third-order valence-electron chi connectivity index (χ3n) is 14.1. The Morgan fingerprint density at radius 2 is 1.62 bits per heavy atom. The fourth-order valence-corrected chi connectivity index (χ4v) is 10.0. The number of rotatable bonds is 20. The van der Waals surface area contributed by atoms with Crippen molar-refractivity contribution in [3.63, 3.8) is 0 Å². The quantitative estimate of drug-likeness (QED) is 0.0418. The molecule has 3 unspecified atom stereocenters. The van der Waals surface area contributed by atoms with E-state index in [-0.39, 0.29) is 53.9 Å². The Morgan fingerprint density at radius 3 is 2.26 bits per heavy atom. The molecule has 348 valence electrons. The summed E-state index contributed by atoms with van der Waals surface area (Å²) in [6.45, 7) is 23.5. The van der Waals surface area contributed by atoms with Crippen LogP contribution in [-0.4, -0.2) is 71.6 Å². The standard InChI is InChI=1S/C55H72N4O6.Mg/c1-12-38-35(8)42-27-43-36(9)40(23-24-48(61)65-26-25-34(7)22-16-21-33(6)20-15-19-32(5)18-14-17-31(3)4)52(58-43)50-51(55(63)64-11)54(62)49-37(10)44(59-53(49)50)28-46-39(13-2)41(30-60)47(57-46)29-45(38)56-42;/h12,25,27-33,36,40,51H,1,13-24,26H2,2-11H3,(H2,56,57,58,59,60,62);/q;+2/p-2/b34-25+;/t32?,33?,36-,40-,51?;/m0./s1. The van der Waals surface area contributed by atoms with E-state index >= 15 is 0 Å². The monoisotopic (exact) mass is 907 g/mol. The van der Waals surface area contributed by atoms with Crippen LogP contribution in [0, 0.1) is 42.4 Å². The topological polar surface area (TPSA) is 144 Å². The summed E-state index contributed by atoms with van der Waals surface area (Å²) < 4.78 is 11.0. The van der Waals surface area contributed by atoms with Crippen LogP contribution in [0.5, 0.6) is 0 Å². The van der Waals surface area contributed by atoms with Gasteiger partial charge >= 0.3 is 35.0 Å². The second-order valence-electron chi connectivity index (χ2n) is 19.3. The van der Waals surface area contributed by atoms with Gasteiger partial charge in [-0.05, 0) is 105 Å². The van der Waals surface area contributed by atoms with Crippen molar-refractivity contribution >= 4 is 69.6 Å². The number of esters is 2. The zero-order valence-electron chi connectivity index (χ0n) is 41.3. The van der Waals surface area contributed by atoms with E-state index in [2.05, 4.69) is 41.2 Å². The average Bonchev–Trinajstić information content (AvgIpc) is 4.02. The van der Waals surface area contributed by atoms with Gasteiger partial charge in [0.25, 0.3) is 0 Å². The van der Waals surface area contributed by atoms with Crippen LogP contribution in [0.4, 0.5) is 0 Å². The summed E-state index contributed by atoms with van der Waals surface area (Å²) in [6.07, 6.45) is 22.3. The molecule has 8 bridgehead atoms. The SMILES string of the molecule is C=CC1=C(C)C2=NC1=CC1=NC(=C(CC)C1=C[O-])C=c1[n-]c3c(c1C)C(=O)C(C(=O)OC)C=3C1=NC(=C2)[C@@H](C)[C@@H]1CCC(=O)OC/C=C(\C)CCCC(C)CCCC(C)CCCC(C)C.[Mg+2]. The number of carbonyl (C=O) groups is 3. The van der Waals surface area contributed by atoms with Gasteiger partial charge in [-0.25, -0.2) is 9.98 Å². The first-order chi connectivity index (χ1) is 31.1. The largest absolute Gasteiger partial charge is 2.00 e. The molecule has 11 heteroatoms. The number of carbonyl (C=O) groups excluding carboxylic acids is 3. The zero-order chi connectivity index (χ0) is 47.1. The summed E-state index contributed by atoms with van der Waals surface area (Å²) in [5, 5.41) is 13.5. The predicted molar refractivity (Wildman–Crippen MR) is 265 cm³/mol. The third-order valence-corrected chi connectivity index (χ3v) is 14.1. The van der Waals surface area contributed by atoms with E-state index in [4.69, 9.17) is 29.4 Å². The third kappa shape index (κ3) is 11.6. The number of hydrogen-bond acceptors (Lipinski definition) is 9. The Bertz CT molecular complexity index is 2500. The van der Waals surface area contributed by atoms with Crippen LogP contribution in [0.2, 0.25) is 0 Å². The minimum atomic E-state index is -1.27. The van der Waals surface area contributed by atoms with Crippen LogP contribution in [0.25, 0.3) is 11.6 Å². The van der Waals surface area contributed by atoms with E-state index in [1.54, 1.807) is 12.2 Å². The van der Waals surface area contributed by atoms with Gasteiger partial charge < -0.3 is 19.6 Å². The van der Waals surface area contributed by atoms with Gasteiger partial charge in [0, 0.05) is 40.8 Å². The van der Waals surface area contributed by atoms with Crippen molar-refractivity contribution < 1.29 is 29.0 Å². The Morgan fingerprint density at radius 1 is 0.939 bits per heavy atom. The van der Waals surface area contributed by atoms with Crippen molar-refractivity contribution in [1.82, 2.24) is 4.98 Å². The first kappa shape index (κ1) is 52.4. The summed E-state index contributed by atoms with van der Waals surface area (Å²) in [6, 6.07) is 0. The van der Waals surface area contributed by atoms with Crippen molar-refractivity contribution in [2.24, 2.45) is 50.5 Å². The normalized spacial score (nSPS) is 21.6. The summed E-state index contributed by atoms with van der Waals surface area (Å²) in [4.78, 5) is 61.5. The van der Waals surface area contributed by atoms with Gasteiger partial charge in [-0.1, -0.05) is 116 Å². The predicted octanol–water partition coefficient (Wildman–Crippen LogP) is 9.01. The molecule has 0 saturated heterocycles. The second-order valence-corrected chi connectivity index (χ2v) is 19.3. The summed E-state index contributed by atoms with van der Waals surface area (Å²) >= 11 is 0. The van der Waals surface area contributed by atoms with E-state index in [0.29, 0.717) is 86.0 Å². The van der Waals surface area contributed by atoms with Gasteiger partial charge in [-0.3, -0.25) is 19.4 Å². The van der Waals surface area contributed by atoms with E-state index in [1.165, 1.54) is 57.6 Å². The molecule has 0 radical (unpaired) electrons. The number of ether oxygens (including phenoxy) is 2. The molecule has 1 aromatic rings. The van der Waals surface area contributed by atoms with Crippen LogP contribution in [0.15, 0.2) is 97.1 Å². The van der Waals surface area contributed by atoms with Crippen LogP contribution < -0.4 is 20.8 Å². The summed E-state index contributed by atoms with van der Waals surface area (Å²) in [5.74, 6) is -0.983. The molecule has 0 fully saturated rings.